The van der Waals surface area contributed by atoms with Crippen LogP contribution in [0.1, 0.15) is 25.2 Å². The van der Waals surface area contributed by atoms with E-state index in [1.54, 1.807) is 6.07 Å². The van der Waals surface area contributed by atoms with Gasteiger partial charge in [-0.05, 0) is 51.0 Å². The Labute approximate surface area is 184 Å². The van der Waals surface area contributed by atoms with Gasteiger partial charge in [-0.3, -0.25) is 9.55 Å². The molecule has 0 saturated carbocycles. The maximum absolute atomic E-state index is 13.6. The first kappa shape index (κ1) is 20.2. The molecule has 3 aromatic heterocycles. The van der Waals surface area contributed by atoms with Gasteiger partial charge in [0.05, 0.1) is 11.7 Å². The number of hydrogen-bond acceptors (Lipinski definition) is 7. The number of imidazole rings is 1. The van der Waals surface area contributed by atoms with Crippen LogP contribution in [-0.2, 0) is 12.0 Å². The monoisotopic (exact) mass is 434 g/mol. The first-order valence-corrected chi connectivity index (χ1v) is 10.4. The van der Waals surface area contributed by atoms with E-state index < -0.39 is 5.82 Å². The third-order valence-corrected chi connectivity index (χ3v) is 5.53. The molecule has 0 atom stereocenters. The molecule has 2 N–H and O–H groups in total. The van der Waals surface area contributed by atoms with E-state index in [1.807, 2.05) is 23.6 Å². The van der Waals surface area contributed by atoms with Gasteiger partial charge in [-0.1, -0.05) is 6.07 Å². The third-order valence-electron chi connectivity index (χ3n) is 5.53. The molecule has 5 rings (SSSR count). The van der Waals surface area contributed by atoms with E-state index in [0.717, 1.165) is 17.4 Å². The van der Waals surface area contributed by atoms with Crippen molar-refractivity contribution >= 4 is 17.0 Å². The topological polar surface area (TPSA) is 98.0 Å². The molecule has 0 radical (unpaired) electrons. The predicted molar refractivity (Wildman–Crippen MR) is 118 cm³/mol. The minimum absolute atomic E-state index is 0.0809. The number of aromatic nitrogens is 5. The summed E-state index contributed by atoms with van der Waals surface area (Å²) in [6.45, 7) is 7.18. The van der Waals surface area contributed by atoms with Crippen molar-refractivity contribution in [1.82, 2.24) is 24.5 Å². The summed E-state index contributed by atoms with van der Waals surface area (Å²) in [5, 5.41) is 13.6. The quantitative estimate of drug-likeness (QED) is 0.493. The summed E-state index contributed by atoms with van der Waals surface area (Å²) >= 11 is 0. The highest BCUT2D eigenvalue weighted by atomic mass is 19.1. The summed E-state index contributed by atoms with van der Waals surface area (Å²) in [7, 11) is 0. The largest absolute Gasteiger partial charge is 0.507 e. The Bertz CT molecular complexity index is 1330. The number of hydrogen-bond donors (Lipinski definition) is 2. The molecule has 4 heterocycles. The van der Waals surface area contributed by atoms with Gasteiger partial charge in [0.1, 0.15) is 24.0 Å². The second-order valence-electron chi connectivity index (χ2n) is 8.54. The van der Waals surface area contributed by atoms with Gasteiger partial charge in [-0.2, -0.15) is 4.98 Å². The van der Waals surface area contributed by atoms with E-state index in [4.69, 9.17) is 4.74 Å². The van der Waals surface area contributed by atoms with E-state index in [2.05, 4.69) is 39.1 Å². The Morgan fingerprint density at radius 2 is 2.03 bits per heavy atom. The van der Waals surface area contributed by atoms with Crippen molar-refractivity contribution in [3.05, 3.63) is 53.9 Å². The number of ether oxygens (including phenoxy) is 1. The highest BCUT2D eigenvalue weighted by Crippen LogP contribution is 2.36. The number of pyridine rings is 1. The number of phenols is 1. The van der Waals surface area contributed by atoms with E-state index in [0.29, 0.717) is 53.9 Å². The van der Waals surface area contributed by atoms with Crippen LogP contribution in [0.3, 0.4) is 0 Å². The van der Waals surface area contributed by atoms with Crippen LogP contribution in [0.25, 0.3) is 22.3 Å². The minimum Gasteiger partial charge on any atom is -0.507 e. The molecule has 0 unspecified atom stereocenters. The fourth-order valence-electron chi connectivity index (χ4n) is 3.97. The van der Waals surface area contributed by atoms with Crippen molar-refractivity contribution in [2.75, 3.05) is 18.5 Å². The molecular formula is C23H23FN6O2. The fraction of sp³-hybridized carbons (Fsp3) is 0.304. The van der Waals surface area contributed by atoms with Gasteiger partial charge in [0, 0.05) is 23.9 Å². The maximum atomic E-state index is 13.6. The zero-order valence-corrected chi connectivity index (χ0v) is 18.1. The van der Waals surface area contributed by atoms with Crippen molar-refractivity contribution in [2.24, 2.45) is 0 Å². The Kier molecular flexibility index (Phi) is 4.69. The second kappa shape index (κ2) is 7.44. The summed E-state index contributed by atoms with van der Waals surface area (Å²) in [5.74, 6) is 0.937. The van der Waals surface area contributed by atoms with Crippen LogP contribution in [0.4, 0.5) is 10.2 Å². The Hall–Kier alpha value is -3.75. The number of aryl methyl sites for hydroxylation is 1. The molecule has 8 nitrogen and oxygen atoms in total. The maximum Gasteiger partial charge on any atom is 0.299 e. The first-order chi connectivity index (χ1) is 15.3. The fourth-order valence-corrected chi connectivity index (χ4v) is 3.97. The number of rotatable bonds is 5. The summed E-state index contributed by atoms with van der Waals surface area (Å²) in [6.07, 6.45) is 3.33. The van der Waals surface area contributed by atoms with Crippen LogP contribution in [-0.4, -0.2) is 42.8 Å². The number of nitrogens with one attached hydrogen (secondary N) is 1. The average Bonchev–Trinajstić information content (AvgIpc) is 3.26. The normalized spacial score (nSPS) is 14.4. The Morgan fingerprint density at radius 3 is 2.84 bits per heavy atom. The lowest BCUT2D eigenvalue weighted by Gasteiger charge is -2.18. The van der Waals surface area contributed by atoms with E-state index in [1.165, 1.54) is 12.3 Å². The van der Waals surface area contributed by atoms with E-state index in [-0.39, 0.29) is 11.3 Å². The summed E-state index contributed by atoms with van der Waals surface area (Å²) in [4.78, 5) is 17.6. The molecule has 0 spiro atoms. The molecule has 1 aliphatic rings. The molecule has 1 aromatic carbocycles. The van der Waals surface area contributed by atoms with Crippen molar-refractivity contribution in [3.8, 4) is 22.9 Å². The Morgan fingerprint density at radius 1 is 1.19 bits per heavy atom. The van der Waals surface area contributed by atoms with Gasteiger partial charge in [-0.15, -0.1) is 0 Å². The molecule has 32 heavy (non-hydrogen) atoms. The zero-order valence-electron chi connectivity index (χ0n) is 18.1. The number of nitrogens with zero attached hydrogens (tertiary/aromatic N) is 5. The van der Waals surface area contributed by atoms with Crippen molar-refractivity contribution in [1.29, 1.82) is 0 Å². The van der Waals surface area contributed by atoms with Crippen LogP contribution in [0.5, 0.6) is 11.8 Å². The number of aromatic hydroxyl groups is 1. The standard InChI is InChI=1S/C23H23FN6O2/c1-13-27-20(19-21(28-13)30-22(29-19)32-12-23(30,2)3)26-7-6-14-4-5-18(31)17(8-14)15-9-16(24)11-25-10-15/h4-5,8-11,31H,6-7,12H2,1-3H3,(H,26,27,28). The van der Waals surface area contributed by atoms with Gasteiger partial charge >= 0.3 is 0 Å². The highest BCUT2D eigenvalue weighted by molar-refractivity contribution is 5.84. The SMILES string of the molecule is Cc1nc(NCCc2ccc(O)c(-c3cncc(F)c3)c2)c2nc3n(c2n1)C(C)(C)CO3. The minimum atomic E-state index is -0.448. The molecule has 0 bridgehead atoms. The summed E-state index contributed by atoms with van der Waals surface area (Å²) in [6, 6.07) is 7.21. The summed E-state index contributed by atoms with van der Waals surface area (Å²) < 4.78 is 21.3. The molecule has 164 valence electrons. The lowest BCUT2D eigenvalue weighted by molar-refractivity contribution is 0.268. The molecule has 0 aliphatic carbocycles. The number of phenolic OH excluding ortho intramolecular Hbond substituents is 1. The van der Waals surface area contributed by atoms with Crippen molar-refractivity contribution < 1.29 is 14.2 Å². The van der Waals surface area contributed by atoms with Crippen LogP contribution in [0.15, 0.2) is 36.7 Å². The molecule has 9 heteroatoms. The Balaban J connectivity index is 1.38. The molecule has 0 saturated heterocycles. The van der Waals surface area contributed by atoms with Crippen molar-refractivity contribution in [3.63, 3.8) is 0 Å². The van der Waals surface area contributed by atoms with Crippen LogP contribution in [0, 0.1) is 12.7 Å². The van der Waals surface area contributed by atoms with E-state index >= 15 is 0 Å². The lowest BCUT2D eigenvalue weighted by atomic mass is 10.0. The predicted octanol–water partition coefficient (Wildman–Crippen LogP) is 3.82. The molecule has 1 aliphatic heterocycles. The first-order valence-electron chi connectivity index (χ1n) is 10.4. The van der Waals surface area contributed by atoms with Gasteiger partial charge < -0.3 is 15.2 Å². The van der Waals surface area contributed by atoms with Crippen LogP contribution < -0.4 is 10.1 Å². The summed E-state index contributed by atoms with van der Waals surface area (Å²) in [5.41, 5.74) is 3.25. The van der Waals surface area contributed by atoms with Crippen LogP contribution in [0.2, 0.25) is 0 Å². The number of anilines is 1. The smallest absolute Gasteiger partial charge is 0.299 e. The van der Waals surface area contributed by atoms with E-state index in [9.17, 15) is 9.50 Å². The van der Waals surface area contributed by atoms with Crippen molar-refractivity contribution in [2.45, 2.75) is 32.7 Å². The number of halogens is 1. The second-order valence-corrected chi connectivity index (χ2v) is 8.54. The molecule has 0 amide bonds. The lowest BCUT2D eigenvalue weighted by Crippen LogP contribution is -2.26. The number of benzene rings is 1. The molecule has 0 fully saturated rings. The van der Waals surface area contributed by atoms with Gasteiger partial charge in [0.15, 0.2) is 17.0 Å². The van der Waals surface area contributed by atoms with Gasteiger partial charge in [0.25, 0.3) is 6.01 Å². The number of fused-ring (bicyclic) bond motifs is 3. The molecule has 4 aromatic rings. The average molecular weight is 434 g/mol. The zero-order chi connectivity index (χ0) is 22.5. The highest BCUT2D eigenvalue weighted by Gasteiger charge is 2.35. The van der Waals surface area contributed by atoms with Gasteiger partial charge in [-0.25, -0.2) is 14.4 Å². The molecular weight excluding hydrogens is 411 g/mol. The van der Waals surface area contributed by atoms with Gasteiger partial charge in [0.2, 0.25) is 0 Å². The third kappa shape index (κ3) is 3.49. The van der Waals surface area contributed by atoms with Crippen LogP contribution >= 0.6 is 0 Å².